The zero-order valence-corrected chi connectivity index (χ0v) is 10.8. The standard InChI is InChI=1S/C16H16O3/c1-12(17)14-5-7-16(8-6-14)19-10-9-13-3-2-4-15(18)11-13/h2-8,11,18H,9-10H2,1H3. The van der Waals surface area contributed by atoms with Gasteiger partial charge >= 0.3 is 0 Å². The molecule has 1 N–H and O–H groups in total. The molecule has 0 heterocycles. The highest BCUT2D eigenvalue weighted by molar-refractivity contribution is 5.94. The average Bonchev–Trinajstić information content (AvgIpc) is 2.39. The molecule has 2 rings (SSSR count). The molecule has 0 saturated heterocycles. The fourth-order valence-electron chi connectivity index (χ4n) is 1.78. The van der Waals surface area contributed by atoms with Crippen LogP contribution < -0.4 is 4.74 Å². The summed E-state index contributed by atoms with van der Waals surface area (Å²) in [5.41, 5.74) is 1.71. The summed E-state index contributed by atoms with van der Waals surface area (Å²) in [5.74, 6) is 1.06. The molecule has 2 aromatic carbocycles. The molecule has 98 valence electrons. The lowest BCUT2D eigenvalue weighted by atomic mass is 10.1. The summed E-state index contributed by atoms with van der Waals surface area (Å²) >= 11 is 0. The van der Waals surface area contributed by atoms with Crippen molar-refractivity contribution < 1.29 is 14.6 Å². The third kappa shape index (κ3) is 3.85. The van der Waals surface area contributed by atoms with Crippen LogP contribution in [0.25, 0.3) is 0 Å². The minimum Gasteiger partial charge on any atom is -0.508 e. The first-order valence-electron chi connectivity index (χ1n) is 6.17. The molecule has 0 spiro atoms. The van der Waals surface area contributed by atoms with Crippen molar-refractivity contribution in [2.75, 3.05) is 6.61 Å². The topological polar surface area (TPSA) is 46.5 Å². The van der Waals surface area contributed by atoms with Crippen molar-refractivity contribution in [3.63, 3.8) is 0 Å². The maximum Gasteiger partial charge on any atom is 0.159 e. The first-order chi connectivity index (χ1) is 9.15. The minimum absolute atomic E-state index is 0.0475. The van der Waals surface area contributed by atoms with E-state index in [1.54, 1.807) is 36.4 Å². The predicted molar refractivity (Wildman–Crippen MR) is 73.8 cm³/mol. The van der Waals surface area contributed by atoms with Crippen LogP contribution in [0.4, 0.5) is 0 Å². The van der Waals surface area contributed by atoms with Gasteiger partial charge in [0.1, 0.15) is 11.5 Å². The van der Waals surface area contributed by atoms with Crippen molar-refractivity contribution in [3.05, 3.63) is 59.7 Å². The van der Waals surface area contributed by atoms with Crippen molar-refractivity contribution in [1.82, 2.24) is 0 Å². The largest absolute Gasteiger partial charge is 0.508 e. The Labute approximate surface area is 112 Å². The summed E-state index contributed by atoms with van der Waals surface area (Å²) in [6.07, 6.45) is 0.725. The summed E-state index contributed by atoms with van der Waals surface area (Å²) in [5, 5.41) is 9.34. The van der Waals surface area contributed by atoms with Gasteiger partial charge in [0.15, 0.2) is 5.78 Å². The highest BCUT2D eigenvalue weighted by Gasteiger charge is 2.00. The highest BCUT2D eigenvalue weighted by atomic mass is 16.5. The third-order valence-corrected chi connectivity index (χ3v) is 2.83. The zero-order valence-electron chi connectivity index (χ0n) is 10.8. The van der Waals surface area contributed by atoms with E-state index in [2.05, 4.69) is 0 Å². The lowest BCUT2D eigenvalue weighted by Gasteiger charge is -2.07. The van der Waals surface area contributed by atoms with E-state index in [4.69, 9.17) is 4.74 Å². The van der Waals surface area contributed by atoms with Gasteiger partial charge < -0.3 is 9.84 Å². The Bertz CT molecular complexity index is 558. The number of hydrogen-bond donors (Lipinski definition) is 1. The maximum atomic E-state index is 11.1. The van der Waals surface area contributed by atoms with Crippen molar-refractivity contribution in [1.29, 1.82) is 0 Å². The molecule has 0 unspecified atom stereocenters. The number of benzene rings is 2. The number of hydrogen-bond acceptors (Lipinski definition) is 3. The first-order valence-corrected chi connectivity index (χ1v) is 6.17. The second-order valence-electron chi connectivity index (χ2n) is 4.35. The normalized spacial score (nSPS) is 10.2. The molecule has 0 radical (unpaired) electrons. The number of Topliss-reactive ketones (excluding diaryl/α,β-unsaturated/α-hetero) is 1. The second kappa shape index (κ2) is 6.05. The highest BCUT2D eigenvalue weighted by Crippen LogP contribution is 2.14. The third-order valence-electron chi connectivity index (χ3n) is 2.83. The number of carbonyl (C=O) groups excluding carboxylic acids is 1. The van der Waals surface area contributed by atoms with E-state index < -0.39 is 0 Å². The van der Waals surface area contributed by atoms with Crippen molar-refractivity contribution in [2.45, 2.75) is 13.3 Å². The molecule has 0 aromatic heterocycles. The van der Waals surface area contributed by atoms with Crippen molar-refractivity contribution in [3.8, 4) is 11.5 Å². The fraction of sp³-hybridized carbons (Fsp3) is 0.188. The van der Waals surface area contributed by atoms with Crippen LogP contribution in [0.5, 0.6) is 11.5 Å². The number of rotatable bonds is 5. The summed E-state index contributed by atoms with van der Waals surface area (Å²) in [6.45, 7) is 2.07. The van der Waals surface area contributed by atoms with Gasteiger partial charge in [-0.1, -0.05) is 12.1 Å². The maximum absolute atomic E-state index is 11.1. The van der Waals surface area contributed by atoms with E-state index >= 15 is 0 Å². The smallest absolute Gasteiger partial charge is 0.159 e. The van der Waals surface area contributed by atoms with Gasteiger partial charge in [-0.3, -0.25) is 4.79 Å². The average molecular weight is 256 g/mol. The molecule has 0 aliphatic carbocycles. The van der Waals surface area contributed by atoms with Gasteiger partial charge in [-0.05, 0) is 48.9 Å². The van der Waals surface area contributed by atoms with E-state index in [-0.39, 0.29) is 11.5 Å². The molecule has 19 heavy (non-hydrogen) atoms. The molecule has 0 amide bonds. The molecule has 0 bridgehead atoms. The van der Waals surface area contributed by atoms with Crippen molar-refractivity contribution in [2.24, 2.45) is 0 Å². The summed E-state index contributed by atoms with van der Waals surface area (Å²) in [7, 11) is 0. The van der Waals surface area contributed by atoms with Gasteiger partial charge in [0.25, 0.3) is 0 Å². The van der Waals surface area contributed by atoms with Crippen LogP contribution in [0.15, 0.2) is 48.5 Å². The molecule has 2 aromatic rings. The Kier molecular flexibility index (Phi) is 4.18. The van der Waals surface area contributed by atoms with Crippen LogP contribution in [-0.2, 0) is 6.42 Å². The minimum atomic E-state index is 0.0475. The van der Waals surface area contributed by atoms with Gasteiger partial charge in [0, 0.05) is 12.0 Å². The monoisotopic (exact) mass is 256 g/mol. The number of phenolic OH excluding ortho intramolecular Hbond substituents is 1. The first kappa shape index (κ1) is 13.1. The molecule has 0 aliphatic rings. The molecule has 0 fully saturated rings. The van der Waals surface area contributed by atoms with Crippen LogP contribution in [0.3, 0.4) is 0 Å². The number of ketones is 1. The van der Waals surface area contributed by atoms with E-state index in [1.165, 1.54) is 6.92 Å². The van der Waals surface area contributed by atoms with Crippen molar-refractivity contribution >= 4 is 5.78 Å². The number of ether oxygens (including phenoxy) is 1. The molecule has 0 aliphatic heterocycles. The summed E-state index contributed by atoms with van der Waals surface area (Å²) in [6, 6.07) is 14.2. The van der Waals surface area contributed by atoms with E-state index in [0.29, 0.717) is 12.2 Å². The lowest BCUT2D eigenvalue weighted by Crippen LogP contribution is -2.01. The molecule has 3 nitrogen and oxygen atoms in total. The van der Waals surface area contributed by atoms with E-state index in [0.717, 1.165) is 17.7 Å². The summed E-state index contributed by atoms with van der Waals surface area (Å²) < 4.78 is 5.59. The van der Waals surface area contributed by atoms with Gasteiger partial charge in [-0.15, -0.1) is 0 Å². The van der Waals surface area contributed by atoms with Gasteiger partial charge in [-0.25, -0.2) is 0 Å². The Balaban J connectivity index is 1.87. The van der Waals surface area contributed by atoms with Gasteiger partial charge in [-0.2, -0.15) is 0 Å². The molecule has 3 heteroatoms. The molecule has 0 saturated carbocycles. The Morgan fingerprint density at radius 1 is 1.16 bits per heavy atom. The zero-order chi connectivity index (χ0) is 13.7. The van der Waals surface area contributed by atoms with Crippen LogP contribution in [-0.4, -0.2) is 17.5 Å². The molecule has 0 atom stereocenters. The van der Waals surface area contributed by atoms with Gasteiger partial charge in [0.2, 0.25) is 0 Å². The van der Waals surface area contributed by atoms with Gasteiger partial charge in [0.05, 0.1) is 6.61 Å². The molecular weight excluding hydrogens is 240 g/mol. The Hall–Kier alpha value is -2.29. The Morgan fingerprint density at radius 2 is 1.89 bits per heavy atom. The molecular formula is C16H16O3. The van der Waals surface area contributed by atoms with E-state index in [9.17, 15) is 9.90 Å². The number of phenols is 1. The quantitative estimate of drug-likeness (QED) is 0.835. The SMILES string of the molecule is CC(=O)c1ccc(OCCc2cccc(O)c2)cc1. The summed E-state index contributed by atoms with van der Waals surface area (Å²) in [4.78, 5) is 11.1. The lowest BCUT2D eigenvalue weighted by molar-refractivity contribution is 0.101. The van der Waals surface area contributed by atoms with Crippen LogP contribution >= 0.6 is 0 Å². The van der Waals surface area contributed by atoms with Crippen LogP contribution in [0.2, 0.25) is 0 Å². The Morgan fingerprint density at radius 3 is 2.53 bits per heavy atom. The van der Waals surface area contributed by atoms with E-state index in [1.807, 2.05) is 12.1 Å². The van der Waals surface area contributed by atoms with Crippen LogP contribution in [0, 0.1) is 0 Å². The second-order valence-corrected chi connectivity index (χ2v) is 4.35. The fourth-order valence-corrected chi connectivity index (χ4v) is 1.78. The van der Waals surface area contributed by atoms with Crippen LogP contribution in [0.1, 0.15) is 22.8 Å². The predicted octanol–water partition coefficient (Wildman–Crippen LogP) is 3.22. The number of carbonyl (C=O) groups is 1. The number of aromatic hydroxyl groups is 1.